The van der Waals surface area contributed by atoms with Gasteiger partial charge in [0.15, 0.2) is 0 Å². The molecule has 0 aromatic heterocycles. The second-order valence-electron chi connectivity index (χ2n) is 5.01. The van der Waals surface area contributed by atoms with Gasteiger partial charge in [0, 0.05) is 13.1 Å². The summed E-state index contributed by atoms with van der Waals surface area (Å²) in [5.74, 6) is 0.904. The molecule has 0 radical (unpaired) electrons. The van der Waals surface area contributed by atoms with Crippen LogP contribution in [0.4, 0.5) is 0 Å². The normalized spacial score (nSPS) is 25.4. The van der Waals surface area contributed by atoms with Gasteiger partial charge in [0.2, 0.25) is 5.91 Å². The summed E-state index contributed by atoms with van der Waals surface area (Å²) in [7, 11) is 1.96. The molecule has 1 aliphatic carbocycles. The Morgan fingerprint density at radius 3 is 2.69 bits per heavy atom. The molecule has 2 unspecified atom stereocenters. The van der Waals surface area contributed by atoms with Crippen LogP contribution in [0.3, 0.4) is 0 Å². The Morgan fingerprint density at radius 1 is 1.38 bits per heavy atom. The topological polar surface area (TPSA) is 32.3 Å². The smallest absolute Gasteiger partial charge is 0.236 e. The van der Waals surface area contributed by atoms with Crippen LogP contribution in [0.15, 0.2) is 0 Å². The van der Waals surface area contributed by atoms with E-state index in [4.69, 9.17) is 0 Å². The molecule has 1 fully saturated rings. The highest BCUT2D eigenvalue weighted by Crippen LogP contribution is 2.27. The number of nitrogens with one attached hydrogen (secondary N) is 1. The molecule has 1 aliphatic rings. The summed E-state index contributed by atoms with van der Waals surface area (Å²) < 4.78 is 0. The Hall–Kier alpha value is -0.570. The lowest BCUT2D eigenvalue weighted by molar-refractivity contribution is -0.132. The molecule has 0 saturated heterocycles. The van der Waals surface area contributed by atoms with Crippen molar-refractivity contribution in [2.45, 2.75) is 52.0 Å². The molecule has 16 heavy (non-hydrogen) atoms. The van der Waals surface area contributed by atoms with E-state index in [1.54, 1.807) is 0 Å². The van der Waals surface area contributed by atoms with E-state index in [0.29, 0.717) is 18.5 Å². The van der Waals surface area contributed by atoms with Crippen LogP contribution in [-0.2, 0) is 4.79 Å². The Labute approximate surface area is 99.6 Å². The van der Waals surface area contributed by atoms with Gasteiger partial charge in [0.05, 0.1) is 6.54 Å². The average Bonchev–Trinajstić information content (AvgIpc) is 2.29. The molecule has 1 rings (SSSR count). The number of nitrogens with zero attached hydrogens (tertiary/aromatic N) is 1. The predicted molar refractivity (Wildman–Crippen MR) is 67.4 cm³/mol. The van der Waals surface area contributed by atoms with Crippen molar-refractivity contribution in [1.82, 2.24) is 10.2 Å². The molecule has 94 valence electrons. The first-order valence-corrected chi connectivity index (χ1v) is 6.63. The maximum atomic E-state index is 11.9. The molecule has 3 nitrogen and oxygen atoms in total. The SMILES string of the molecule is CCCNCC(=O)N(C)C1CCCCC1C. The van der Waals surface area contributed by atoms with Gasteiger partial charge < -0.3 is 10.2 Å². The summed E-state index contributed by atoms with van der Waals surface area (Å²) >= 11 is 0. The van der Waals surface area contributed by atoms with Crippen LogP contribution in [0, 0.1) is 5.92 Å². The molecule has 0 aromatic rings. The number of rotatable bonds is 5. The molecule has 1 N–H and O–H groups in total. The van der Waals surface area contributed by atoms with Crippen LogP contribution in [-0.4, -0.2) is 37.0 Å². The lowest BCUT2D eigenvalue weighted by Gasteiger charge is -2.36. The molecule has 0 aliphatic heterocycles. The first-order valence-electron chi connectivity index (χ1n) is 6.63. The van der Waals surface area contributed by atoms with Gasteiger partial charge in [0.1, 0.15) is 0 Å². The van der Waals surface area contributed by atoms with E-state index in [2.05, 4.69) is 19.2 Å². The molecule has 1 amide bonds. The fourth-order valence-electron chi connectivity index (χ4n) is 2.55. The van der Waals surface area contributed by atoms with Gasteiger partial charge in [-0.1, -0.05) is 26.7 Å². The third-order valence-electron chi connectivity index (χ3n) is 3.66. The van der Waals surface area contributed by atoms with Crippen LogP contribution in [0.1, 0.15) is 46.0 Å². The molecule has 0 aromatic carbocycles. The zero-order valence-electron chi connectivity index (χ0n) is 11.0. The summed E-state index contributed by atoms with van der Waals surface area (Å²) in [6.07, 6.45) is 6.13. The van der Waals surface area contributed by atoms with Crippen molar-refractivity contribution < 1.29 is 4.79 Å². The summed E-state index contributed by atoms with van der Waals surface area (Å²) in [6.45, 7) is 5.81. The van der Waals surface area contributed by atoms with Gasteiger partial charge in [0.25, 0.3) is 0 Å². The highest BCUT2D eigenvalue weighted by Gasteiger charge is 2.27. The van der Waals surface area contributed by atoms with Crippen LogP contribution >= 0.6 is 0 Å². The summed E-state index contributed by atoms with van der Waals surface area (Å²) in [5.41, 5.74) is 0. The fraction of sp³-hybridized carbons (Fsp3) is 0.923. The van der Waals surface area contributed by atoms with Gasteiger partial charge in [-0.05, 0) is 31.7 Å². The van der Waals surface area contributed by atoms with Crippen molar-refractivity contribution >= 4 is 5.91 Å². The number of carbonyl (C=O) groups excluding carboxylic acids is 1. The maximum Gasteiger partial charge on any atom is 0.236 e. The van der Waals surface area contributed by atoms with Crippen LogP contribution < -0.4 is 5.32 Å². The largest absolute Gasteiger partial charge is 0.341 e. The maximum absolute atomic E-state index is 11.9. The first-order chi connectivity index (χ1) is 7.66. The van der Waals surface area contributed by atoms with Crippen LogP contribution in [0.5, 0.6) is 0 Å². The molecule has 0 spiro atoms. The van der Waals surface area contributed by atoms with E-state index in [0.717, 1.165) is 13.0 Å². The molecule has 1 saturated carbocycles. The number of hydrogen-bond donors (Lipinski definition) is 1. The van der Waals surface area contributed by atoms with Crippen molar-refractivity contribution in [3.63, 3.8) is 0 Å². The molecule has 3 heteroatoms. The minimum atomic E-state index is 0.243. The minimum absolute atomic E-state index is 0.243. The van der Waals surface area contributed by atoms with Gasteiger partial charge in [-0.2, -0.15) is 0 Å². The number of amides is 1. The van der Waals surface area contributed by atoms with E-state index in [1.807, 2.05) is 11.9 Å². The van der Waals surface area contributed by atoms with Crippen LogP contribution in [0.25, 0.3) is 0 Å². The van der Waals surface area contributed by atoms with Crippen molar-refractivity contribution in [3.05, 3.63) is 0 Å². The average molecular weight is 226 g/mol. The number of likely N-dealkylation sites (N-methyl/N-ethyl adjacent to an activating group) is 1. The van der Waals surface area contributed by atoms with Gasteiger partial charge in [-0.25, -0.2) is 0 Å². The van der Waals surface area contributed by atoms with Crippen molar-refractivity contribution in [2.75, 3.05) is 20.1 Å². The van der Waals surface area contributed by atoms with Crippen molar-refractivity contribution in [1.29, 1.82) is 0 Å². The van der Waals surface area contributed by atoms with E-state index in [9.17, 15) is 4.79 Å². The third-order valence-corrected chi connectivity index (χ3v) is 3.66. The van der Waals surface area contributed by atoms with E-state index in [-0.39, 0.29) is 5.91 Å². The monoisotopic (exact) mass is 226 g/mol. The minimum Gasteiger partial charge on any atom is -0.341 e. The van der Waals surface area contributed by atoms with E-state index in [1.165, 1.54) is 25.7 Å². The Balaban J connectivity index is 2.36. The quantitative estimate of drug-likeness (QED) is 0.727. The Kier molecular flexibility index (Phi) is 5.81. The van der Waals surface area contributed by atoms with Gasteiger partial charge in [-0.15, -0.1) is 0 Å². The first kappa shape index (κ1) is 13.5. The standard InChI is InChI=1S/C13H26N2O/c1-4-9-14-10-13(16)15(3)12-8-6-5-7-11(12)2/h11-12,14H,4-10H2,1-3H3. The highest BCUT2D eigenvalue weighted by molar-refractivity contribution is 5.78. The van der Waals surface area contributed by atoms with E-state index >= 15 is 0 Å². The fourth-order valence-corrected chi connectivity index (χ4v) is 2.55. The third kappa shape index (κ3) is 3.78. The zero-order valence-corrected chi connectivity index (χ0v) is 11.0. The predicted octanol–water partition coefficient (Wildman–Crippen LogP) is 2.02. The van der Waals surface area contributed by atoms with Crippen LogP contribution in [0.2, 0.25) is 0 Å². The molecular formula is C13H26N2O. The second-order valence-corrected chi connectivity index (χ2v) is 5.01. The zero-order chi connectivity index (χ0) is 12.0. The Morgan fingerprint density at radius 2 is 2.06 bits per heavy atom. The van der Waals surface area contributed by atoms with E-state index < -0.39 is 0 Å². The van der Waals surface area contributed by atoms with Crippen molar-refractivity contribution in [2.24, 2.45) is 5.92 Å². The lowest BCUT2D eigenvalue weighted by atomic mass is 9.85. The summed E-state index contributed by atoms with van der Waals surface area (Å²) in [5, 5.41) is 3.18. The molecule has 0 heterocycles. The highest BCUT2D eigenvalue weighted by atomic mass is 16.2. The number of carbonyl (C=O) groups is 1. The van der Waals surface area contributed by atoms with Gasteiger partial charge in [-0.3, -0.25) is 4.79 Å². The number of hydrogen-bond acceptors (Lipinski definition) is 2. The summed E-state index contributed by atoms with van der Waals surface area (Å²) in [6, 6.07) is 0.463. The lowest BCUT2D eigenvalue weighted by Crippen LogP contribution is -2.46. The molecule has 0 bridgehead atoms. The van der Waals surface area contributed by atoms with Crippen molar-refractivity contribution in [3.8, 4) is 0 Å². The second kappa shape index (κ2) is 6.89. The molecular weight excluding hydrogens is 200 g/mol. The molecule has 2 atom stereocenters. The summed E-state index contributed by atoms with van der Waals surface area (Å²) in [4.78, 5) is 13.9. The van der Waals surface area contributed by atoms with Gasteiger partial charge >= 0.3 is 0 Å². The Bertz CT molecular complexity index is 218.